The van der Waals surface area contributed by atoms with E-state index in [0.717, 1.165) is 47.2 Å². The molecule has 4 rings (SSSR count). The van der Waals surface area contributed by atoms with Crippen molar-refractivity contribution >= 4 is 26.3 Å². The first-order valence-corrected chi connectivity index (χ1v) is 12.6. The van der Waals surface area contributed by atoms with Crippen LogP contribution in [-0.4, -0.2) is 46.0 Å². The summed E-state index contributed by atoms with van der Waals surface area (Å²) in [6, 6.07) is 8.32. The molecule has 0 N–H and O–H groups in total. The molecule has 0 radical (unpaired) electrons. The minimum Gasteiger partial charge on any atom is -0.488 e. The van der Waals surface area contributed by atoms with Crippen LogP contribution >= 0.6 is 0 Å². The van der Waals surface area contributed by atoms with Gasteiger partial charge in [0.15, 0.2) is 0 Å². The lowest BCUT2D eigenvalue weighted by atomic mass is 10.0. The molecule has 1 fully saturated rings. The predicted octanol–water partition coefficient (Wildman–Crippen LogP) is 4.59. The van der Waals surface area contributed by atoms with Gasteiger partial charge in [-0.15, -0.1) is 0 Å². The Morgan fingerprint density at radius 1 is 1.26 bits per heavy atom. The number of hydrogen-bond acceptors (Lipinski definition) is 6. The van der Waals surface area contributed by atoms with E-state index < -0.39 is 9.73 Å². The zero-order valence-corrected chi connectivity index (χ0v) is 18.7. The molecule has 6 nitrogen and oxygen atoms in total. The maximum atomic E-state index is 14.0. The van der Waals surface area contributed by atoms with E-state index in [-0.39, 0.29) is 11.9 Å². The largest absolute Gasteiger partial charge is 0.488 e. The standard InChI is InChI=1S/C23H26FN3O3S/c1-15-9-18(27-31(2,3)28)12-21-23(15)20(25-14-26-21)10-16-6-7-17(24)11-22(16)30-19-5-4-8-29-13-19/h6-7,9,11-12,14,19H,4-5,8,10,13H2,1-3H3/t19-/m1/s1. The summed E-state index contributed by atoms with van der Waals surface area (Å²) in [5, 5.41) is 0.913. The van der Waals surface area contributed by atoms with Crippen LogP contribution in [0.15, 0.2) is 41.0 Å². The molecule has 0 bridgehead atoms. The second-order valence-electron chi connectivity index (χ2n) is 8.14. The highest BCUT2D eigenvalue weighted by atomic mass is 32.2. The Hall–Kier alpha value is -2.58. The van der Waals surface area contributed by atoms with Crippen LogP contribution in [0.2, 0.25) is 0 Å². The number of benzene rings is 2. The number of hydrogen-bond donors (Lipinski definition) is 0. The Kier molecular flexibility index (Phi) is 6.20. The number of halogens is 1. The van der Waals surface area contributed by atoms with Crippen molar-refractivity contribution < 1.29 is 18.1 Å². The zero-order chi connectivity index (χ0) is 22.0. The van der Waals surface area contributed by atoms with Crippen LogP contribution in [0.4, 0.5) is 10.1 Å². The second kappa shape index (κ2) is 8.88. The van der Waals surface area contributed by atoms with Crippen molar-refractivity contribution in [1.29, 1.82) is 0 Å². The van der Waals surface area contributed by atoms with Gasteiger partial charge < -0.3 is 9.47 Å². The number of ether oxygens (including phenoxy) is 2. The number of aromatic nitrogens is 2. The molecule has 8 heteroatoms. The van der Waals surface area contributed by atoms with Gasteiger partial charge in [-0.25, -0.2) is 18.6 Å². The van der Waals surface area contributed by atoms with Crippen molar-refractivity contribution in [2.45, 2.75) is 32.3 Å². The Morgan fingerprint density at radius 2 is 2.10 bits per heavy atom. The smallest absolute Gasteiger partial charge is 0.126 e. The number of aryl methyl sites for hydroxylation is 1. The number of nitrogens with zero attached hydrogens (tertiary/aromatic N) is 3. The fourth-order valence-electron chi connectivity index (χ4n) is 3.84. The summed E-state index contributed by atoms with van der Waals surface area (Å²) in [6.07, 6.45) is 6.92. The van der Waals surface area contributed by atoms with Crippen molar-refractivity contribution in [3.8, 4) is 5.75 Å². The fourth-order valence-corrected chi connectivity index (χ4v) is 4.45. The minimum atomic E-state index is -2.28. The van der Waals surface area contributed by atoms with Gasteiger partial charge in [-0.1, -0.05) is 6.07 Å². The maximum absolute atomic E-state index is 14.0. The topological polar surface area (TPSA) is 73.7 Å². The summed E-state index contributed by atoms with van der Waals surface area (Å²) in [7, 11) is -2.28. The van der Waals surface area contributed by atoms with Gasteiger partial charge in [0, 0.05) is 52.3 Å². The van der Waals surface area contributed by atoms with E-state index in [2.05, 4.69) is 14.3 Å². The average molecular weight is 444 g/mol. The normalized spacial score (nSPS) is 17.0. The molecule has 2 aromatic carbocycles. The lowest BCUT2D eigenvalue weighted by Crippen LogP contribution is -2.28. The Morgan fingerprint density at radius 3 is 2.84 bits per heavy atom. The van der Waals surface area contributed by atoms with E-state index in [1.807, 2.05) is 19.1 Å². The molecule has 1 aromatic heterocycles. The molecule has 0 spiro atoms. The third kappa shape index (κ3) is 5.37. The molecular formula is C23H26FN3O3S. The van der Waals surface area contributed by atoms with Gasteiger partial charge in [-0.05, 0) is 43.5 Å². The van der Waals surface area contributed by atoms with Crippen LogP contribution in [0.5, 0.6) is 5.75 Å². The fraction of sp³-hybridized carbons (Fsp3) is 0.391. The molecule has 0 unspecified atom stereocenters. The first kappa shape index (κ1) is 21.6. The molecule has 0 aliphatic carbocycles. The van der Waals surface area contributed by atoms with E-state index in [1.165, 1.54) is 18.5 Å². The van der Waals surface area contributed by atoms with Crippen molar-refractivity contribution in [3.63, 3.8) is 0 Å². The SMILES string of the molecule is Cc1cc(N=S(C)(C)=O)cc2ncnc(Cc3ccc(F)cc3O[C@@H]3CCCOC3)c12. The summed E-state index contributed by atoms with van der Waals surface area (Å²) in [5.74, 6) is 0.177. The summed E-state index contributed by atoms with van der Waals surface area (Å²) >= 11 is 0. The summed E-state index contributed by atoms with van der Waals surface area (Å²) in [5.41, 5.74) is 3.98. The van der Waals surface area contributed by atoms with Crippen LogP contribution in [0.1, 0.15) is 29.7 Å². The van der Waals surface area contributed by atoms with Gasteiger partial charge in [-0.2, -0.15) is 4.36 Å². The summed E-state index contributed by atoms with van der Waals surface area (Å²) < 4.78 is 41.9. The number of rotatable bonds is 5. The second-order valence-corrected chi connectivity index (χ2v) is 10.7. The zero-order valence-electron chi connectivity index (χ0n) is 17.9. The highest BCUT2D eigenvalue weighted by Gasteiger charge is 2.19. The molecule has 0 amide bonds. The van der Waals surface area contributed by atoms with E-state index >= 15 is 0 Å². The summed E-state index contributed by atoms with van der Waals surface area (Å²) in [4.78, 5) is 8.90. The Bertz CT molecular complexity index is 1220. The third-order valence-corrected chi connectivity index (χ3v) is 5.77. The van der Waals surface area contributed by atoms with E-state index in [4.69, 9.17) is 9.47 Å². The van der Waals surface area contributed by atoms with Crippen molar-refractivity contribution in [3.05, 3.63) is 59.3 Å². The molecule has 1 aliphatic heterocycles. The molecular weight excluding hydrogens is 417 g/mol. The molecule has 31 heavy (non-hydrogen) atoms. The molecule has 1 aliphatic rings. The van der Waals surface area contributed by atoms with Crippen LogP contribution < -0.4 is 4.74 Å². The first-order valence-electron chi connectivity index (χ1n) is 10.2. The van der Waals surface area contributed by atoms with Gasteiger partial charge >= 0.3 is 0 Å². The molecule has 2 heterocycles. The van der Waals surface area contributed by atoms with E-state index in [9.17, 15) is 8.60 Å². The predicted molar refractivity (Wildman–Crippen MR) is 120 cm³/mol. The average Bonchev–Trinajstić information content (AvgIpc) is 2.69. The van der Waals surface area contributed by atoms with Gasteiger partial charge in [0.2, 0.25) is 0 Å². The first-order chi connectivity index (χ1) is 14.8. The van der Waals surface area contributed by atoms with E-state index in [1.54, 1.807) is 18.6 Å². The van der Waals surface area contributed by atoms with Crippen LogP contribution in [0.3, 0.4) is 0 Å². The Labute approximate surface area is 182 Å². The molecule has 1 atom stereocenters. The molecule has 1 saturated heterocycles. The lowest BCUT2D eigenvalue weighted by Gasteiger charge is -2.24. The highest BCUT2D eigenvalue weighted by molar-refractivity contribution is 7.92. The lowest BCUT2D eigenvalue weighted by molar-refractivity contribution is 0.00696. The molecule has 3 aromatic rings. The summed E-state index contributed by atoms with van der Waals surface area (Å²) in [6.45, 7) is 3.21. The van der Waals surface area contributed by atoms with Crippen molar-refractivity contribution in [1.82, 2.24) is 9.97 Å². The van der Waals surface area contributed by atoms with Gasteiger partial charge in [0.05, 0.1) is 23.5 Å². The van der Waals surface area contributed by atoms with Crippen molar-refractivity contribution in [2.75, 3.05) is 25.7 Å². The van der Waals surface area contributed by atoms with Crippen LogP contribution in [0.25, 0.3) is 10.9 Å². The third-order valence-electron chi connectivity index (χ3n) is 5.12. The van der Waals surface area contributed by atoms with Crippen molar-refractivity contribution in [2.24, 2.45) is 4.36 Å². The maximum Gasteiger partial charge on any atom is 0.126 e. The highest BCUT2D eigenvalue weighted by Crippen LogP contribution is 2.30. The van der Waals surface area contributed by atoms with Gasteiger partial charge in [0.25, 0.3) is 0 Å². The van der Waals surface area contributed by atoms with E-state index in [0.29, 0.717) is 24.5 Å². The minimum absolute atomic E-state index is 0.0831. The monoisotopic (exact) mass is 443 g/mol. The number of fused-ring (bicyclic) bond motifs is 1. The molecule has 0 saturated carbocycles. The van der Waals surface area contributed by atoms with Crippen LogP contribution in [-0.2, 0) is 20.9 Å². The molecule has 164 valence electrons. The van der Waals surface area contributed by atoms with Crippen LogP contribution in [0, 0.1) is 12.7 Å². The van der Waals surface area contributed by atoms with Gasteiger partial charge in [-0.3, -0.25) is 0 Å². The van der Waals surface area contributed by atoms with Gasteiger partial charge in [0.1, 0.15) is 24.0 Å². The Balaban J connectivity index is 1.71. The quantitative estimate of drug-likeness (QED) is 0.577.